The van der Waals surface area contributed by atoms with Gasteiger partial charge in [-0.2, -0.15) is 0 Å². The molecule has 1 heterocycles. The second-order valence-corrected chi connectivity index (χ2v) is 7.22. The Morgan fingerprint density at radius 2 is 1.74 bits per heavy atom. The van der Waals surface area contributed by atoms with Gasteiger partial charge in [0.25, 0.3) is 0 Å². The summed E-state index contributed by atoms with van der Waals surface area (Å²) in [5, 5.41) is 12.9. The van der Waals surface area contributed by atoms with Crippen LogP contribution in [0.3, 0.4) is 0 Å². The summed E-state index contributed by atoms with van der Waals surface area (Å²) < 4.78 is 10.5. The maximum Gasteiger partial charge on any atom is 0.230 e. The van der Waals surface area contributed by atoms with E-state index in [9.17, 15) is 4.79 Å². The van der Waals surface area contributed by atoms with Crippen molar-refractivity contribution in [3.8, 4) is 11.5 Å². The van der Waals surface area contributed by atoms with Gasteiger partial charge in [0.05, 0.1) is 20.6 Å². The van der Waals surface area contributed by atoms with Crippen molar-refractivity contribution in [2.45, 2.75) is 12.8 Å². The Hall–Kier alpha value is -2.64. The zero-order valence-electron chi connectivity index (χ0n) is 14.9. The number of nitrogens with zero attached hydrogens (tertiary/aromatic N) is 2. The molecule has 0 fully saturated rings. The van der Waals surface area contributed by atoms with Crippen LogP contribution in [-0.2, 0) is 17.6 Å². The minimum absolute atomic E-state index is 0.170. The van der Waals surface area contributed by atoms with Crippen LogP contribution in [0.5, 0.6) is 11.5 Å². The first kappa shape index (κ1) is 19.1. The number of carbonyl (C=O) groups is 1. The summed E-state index contributed by atoms with van der Waals surface area (Å²) in [6.07, 6.45) is 0.840. The topological polar surface area (TPSA) is 73.3 Å². The lowest BCUT2D eigenvalue weighted by Gasteiger charge is -2.09. The van der Waals surface area contributed by atoms with E-state index < -0.39 is 0 Å². The van der Waals surface area contributed by atoms with Crippen molar-refractivity contribution in [1.29, 1.82) is 0 Å². The average molecular weight is 404 g/mol. The summed E-state index contributed by atoms with van der Waals surface area (Å²) in [5.41, 5.74) is 1.90. The van der Waals surface area contributed by atoms with Crippen molar-refractivity contribution in [2.75, 3.05) is 19.5 Å². The van der Waals surface area contributed by atoms with Gasteiger partial charge in [0, 0.05) is 11.4 Å². The molecule has 0 aliphatic rings. The van der Waals surface area contributed by atoms with Gasteiger partial charge in [-0.3, -0.25) is 4.79 Å². The molecule has 3 aromatic rings. The van der Waals surface area contributed by atoms with E-state index in [1.165, 1.54) is 11.3 Å². The number of halogens is 1. The maximum atomic E-state index is 12.3. The maximum absolute atomic E-state index is 12.3. The van der Waals surface area contributed by atoms with Crippen LogP contribution in [0.1, 0.15) is 16.1 Å². The largest absolute Gasteiger partial charge is 0.493 e. The van der Waals surface area contributed by atoms with Gasteiger partial charge in [0.15, 0.2) is 11.5 Å². The Morgan fingerprint density at radius 1 is 1.04 bits per heavy atom. The van der Waals surface area contributed by atoms with Crippen LogP contribution >= 0.6 is 22.9 Å². The Bertz CT molecular complexity index is 928. The molecular weight excluding hydrogens is 386 g/mol. The number of anilines is 1. The fourth-order valence-corrected chi connectivity index (χ4v) is 3.41. The van der Waals surface area contributed by atoms with Gasteiger partial charge >= 0.3 is 0 Å². The highest BCUT2D eigenvalue weighted by Crippen LogP contribution is 2.28. The molecule has 1 amide bonds. The number of ether oxygens (including phenoxy) is 2. The smallest absolute Gasteiger partial charge is 0.230 e. The first-order valence-corrected chi connectivity index (χ1v) is 9.34. The van der Waals surface area contributed by atoms with Crippen LogP contribution in [0.2, 0.25) is 5.02 Å². The normalized spacial score (nSPS) is 10.5. The van der Waals surface area contributed by atoms with Gasteiger partial charge in [-0.15, -0.1) is 10.2 Å². The Kier molecular flexibility index (Phi) is 6.26. The molecule has 0 aliphatic heterocycles. The number of methoxy groups -OCH3 is 2. The Balaban J connectivity index is 1.60. The highest BCUT2D eigenvalue weighted by Gasteiger charge is 2.11. The Labute approximate surface area is 166 Å². The molecule has 3 rings (SSSR count). The number of benzene rings is 2. The minimum Gasteiger partial charge on any atom is -0.493 e. The third-order valence-corrected chi connectivity index (χ3v) is 4.89. The van der Waals surface area contributed by atoms with E-state index in [1.807, 2.05) is 30.3 Å². The van der Waals surface area contributed by atoms with Crippen LogP contribution < -0.4 is 14.8 Å². The fourth-order valence-electron chi connectivity index (χ4n) is 2.49. The van der Waals surface area contributed by atoms with Crippen molar-refractivity contribution >= 4 is 34.0 Å². The molecule has 0 atom stereocenters. The van der Waals surface area contributed by atoms with Crippen molar-refractivity contribution in [3.05, 3.63) is 63.6 Å². The molecule has 8 heteroatoms. The molecular formula is C19H18ClN3O3S. The van der Waals surface area contributed by atoms with E-state index >= 15 is 0 Å². The number of carbonyl (C=O) groups excluding carboxylic acids is 1. The van der Waals surface area contributed by atoms with Gasteiger partial charge < -0.3 is 14.8 Å². The number of aromatic nitrogens is 2. The molecule has 0 unspecified atom stereocenters. The quantitative estimate of drug-likeness (QED) is 0.645. The molecule has 0 spiro atoms. The van der Waals surface area contributed by atoms with E-state index in [-0.39, 0.29) is 12.3 Å². The van der Waals surface area contributed by atoms with Crippen LogP contribution in [0.25, 0.3) is 0 Å². The van der Waals surface area contributed by atoms with Crippen LogP contribution in [-0.4, -0.2) is 30.3 Å². The summed E-state index contributed by atoms with van der Waals surface area (Å²) in [7, 11) is 3.13. The highest BCUT2D eigenvalue weighted by atomic mass is 35.5. The van der Waals surface area contributed by atoms with Gasteiger partial charge in [-0.05, 0) is 35.4 Å². The third-order valence-electron chi connectivity index (χ3n) is 3.79. The molecule has 0 aliphatic carbocycles. The first-order chi connectivity index (χ1) is 13.1. The third kappa shape index (κ3) is 5.18. The predicted molar refractivity (Wildman–Crippen MR) is 106 cm³/mol. The number of hydrogen-bond acceptors (Lipinski definition) is 6. The number of nitrogens with one attached hydrogen (secondary N) is 1. The van der Waals surface area contributed by atoms with E-state index in [2.05, 4.69) is 15.5 Å². The monoisotopic (exact) mass is 403 g/mol. The number of rotatable bonds is 7. The molecule has 0 saturated heterocycles. The number of amides is 1. The zero-order valence-corrected chi connectivity index (χ0v) is 16.4. The molecule has 6 nitrogen and oxygen atoms in total. The molecule has 140 valence electrons. The summed E-state index contributed by atoms with van der Waals surface area (Å²) in [6.45, 7) is 0. The summed E-state index contributed by atoms with van der Waals surface area (Å²) in [5.74, 6) is 1.04. The van der Waals surface area contributed by atoms with Gasteiger partial charge in [0.2, 0.25) is 11.0 Å². The standard InChI is InChI=1S/C19H18ClN3O3S/c1-25-15-8-5-13(9-16(15)26-2)10-17(24)21-19-23-22-18(27-19)11-12-3-6-14(20)7-4-12/h3-9H,10-11H2,1-2H3,(H,21,23,24). The molecule has 0 bridgehead atoms. The van der Waals surface area contributed by atoms with Crippen LogP contribution in [0, 0.1) is 0 Å². The zero-order chi connectivity index (χ0) is 19.2. The lowest BCUT2D eigenvalue weighted by atomic mass is 10.1. The van der Waals surface area contributed by atoms with Gasteiger partial charge in [-0.25, -0.2) is 0 Å². The summed E-state index contributed by atoms with van der Waals surface area (Å²) in [4.78, 5) is 12.3. The van der Waals surface area contributed by atoms with E-state index in [0.717, 1.165) is 16.1 Å². The van der Waals surface area contributed by atoms with Crippen molar-refractivity contribution in [2.24, 2.45) is 0 Å². The lowest BCUT2D eigenvalue weighted by molar-refractivity contribution is -0.115. The van der Waals surface area contributed by atoms with Gasteiger partial charge in [0.1, 0.15) is 5.01 Å². The van der Waals surface area contributed by atoms with Crippen LogP contribution in [0.15, 0.2) is 42.5 Å². The number of hydrogen-bond donors (Lipinski definition) is 1. The SMILES string of the molecule is COc1ccc(CC(=O)Nc2nnc(Cc3ccc(Cl)cc3)s2)cc1OC. The highest BCUT2D eigenvalue weighted by molar-refractivity contribution is 7.15. The van der Waals surface area contributed by atoms with E-state index in [4.69, 9.17) is 21.1 Å². The van der Waals surface area contributed by atoms with E-state index in [1.54, 1.807) is 26.4 Å². The lowest BCUT2D eigenvalue weighted by Crippen LogP contribution is -2.14. The Morgan fingerprint density at radius 3 is 2.44 bits per heavy atom. The van der Waals surface area contributed by atoms with Crippen molar-refractivity contribution in [1.82, 2.24) is 10.2 Å². The fraction of sp³-hybridized carbons (Fsp3) is 0.211. The first-order valence-electron chi connectivity index (χ1n) is 8.15. The predicted octanol–water partition coefficient (Wildman–Crippen LogP) is 3.98. The van der Waals surface area contributed by atoms with Gasteiger partial charge in [-0.1, -0.05) is 41.1 Å². The molecule has 2 aromatic carbocycles. The molecule has 0 radical (unpaired) electrons. The minimum atomic E-state index is -0.170. The molecule has 0 saturated carbocycles. The van der Waals surface area contributed by atoms with E-state index in [0.29, 0.717) is 28.1 Å². The molecule has 1 aromatic heterocycles. The van der Waals surface area contributed by atoms with Crippen molar-refractivity contribution < 1.29 is 14.3 Å². The van der Waals surface area contributed by atoms with Crippen LogP contribution in [0.4, 0.5) is 5.13 Å². The second-order valence-electron chi connectivity index (χ2n) is 5.72. The summed E-state index contributed by atoms with van der Waals surface area (Å²) >= 11 is 7.24. The van der Waals surface area contributed by atoms with Crippen molar-refractivity contribution in [3.63, 3.8) is 0 Å². The second kappa shape index (κ2) is 8.83. The molecule has 1 N–H and O–H groups in total. The molecule has 27 heavy (non-hydrogen) atoms. The summed E-state index contributed by atoms with van der Waals surface area (Å²) in [6, 6.07) is 12.9. The average Bonchev–Trinajstić information content (AvgIpc) is 3.10.